The molecule has 98 valence electrons. The summed E-state index contributed by atoms with van der Waals surface area (Å²) in [5.41, 5.74) is -1.26. The third-order valence-corrected chi connectivity index (χ3v) is 3.09. The van der Waals surface area contributed by atoms with Crippen molar-refractivity contribution in [2.75, 3.05) is 19.8 Å². The van der Waals surface area contributed by atoms with Crippen LogP contribution in [0.4, 0.5) is 4.79 Å². The van der Waals surface area contributed by atoms with Gasteiger partial charge in [-0.1, -0.05) is 20.3 Å². The monoisotopic (exact) mass is 244 g/mol. The van der Waals surface area contributed by atoms with Crippen molar-refractivity contribution in [3.8, 4) is 0 Å². The van der Waals surface area contributed by atoms with Crippen molar-refractivity contribution in [1.82, 2.24) is 10.6 Å². The standard InChI is InChI=1S/C11H20N2O4/c1-3-8(2)6-12-10(16)13-11(9(14)15)4-5-17-7-11/h8H,3-7H2,1-2H3,(H,14,15)(H2,12,13,16). The Kier molecular flexibility index (Phi) is 4.74. The fourth-order valence-corrected chi connectivity index (χ4v) is 1.56. The molecule has 1 fully saturated rings. The highest BCUT2D eigenvalue weighted by molar-refractivity contribution is 5.86. The van der Waals surface area contributed by atoms with E-state index in [0.717, 1.165) is 6.42 Å². The Morgan fingerprint density at radius 3 is 2.71 bits per heavy atom. The van der Waals surface area contributed by atoms with Crippen molar-refractivity contribution in [2.45, 2.75) is 32.2 Å². The Bertz CT molecular complexity index is 287. The van der Waals surface area contributed by atoms with E-state index in [-0.39, 0.29) is 6.61 Å². The number of carboxylic acids is 1. The van der Waals surface area contributed by atoms with Crippen LogP contribution in [0, 0.1) is 5.92 Å². The summed E-state index contributed by atoms with van der Waals surface area (Å²) >= 11 is 0. The Morgan fingerprint density at radius 2 is 2.24 bits per heavy atom. The van der Waals surface area contributed by atoms with Gasteiger partial charge in [0.15, 0.2) is 5.54 Å². The number of carbonyl (C=O) groups is 2. The summed E-state index contributed by atoms with van der Waals surface area (Å²) in [5.74, 6) is -0.671. The first-order valence-electron chi connectivity index (χ1n) is 5.87. The van der Waals surface area contributed by atoms with Gasteiger partial charge in [-0.2, -0.15) is 0 Å². The second-order valence-corrected chi connectivity index (χ2v) is 4.54. The molecule has 1 saturated heterocycles. The molecule has 0 aromatic rings. The molecule has 0 aromatic carbocycles. The molecule has 6 nitrogen and oxygen atoms in total. The Labute approximate surface area is 101 Å². The fraction of sp³-hybridized carbons (Fsp3) is 0.818. The van der Waals surface area contributed by atoms with E-state index < -0.39 is 17.5 Å². The molecule has 6 heteroatoms. The van der Waals surface area contributed by atoms with Crippen molar-refractivity contribution in [3.63, 3.8) is 0 Å². The number of hydrogen-bond donors (Lipinski definition) is 3. The maximum Gasteiger partial charge on any atom is 0.332 e. The number of rotatable bonds is 5. The van der Waals surface area contributed by atoms with Gasteiger partial charge in [0.25, 0.3) is 0 Å². The van der Waals surface area contributed by atoms with E-state index in [2.05, 4.69) is 10.6 Å². The summed E-state index contributed by atoms with van der Waals surface area (Å²) < 4.78 is 5.05. The number of hydrogen-bond acceptors (Lipinski definition) is 3. The van der Waals surface area contributed by atoms with Crippen LogP contribution in [-0.4, -0.2) is 42.4 Å². The minimum atomic E-state index is -1.26. The van der Waals surface area contributed by atoms with Crippen molar-refractivity contribution in [3.05, 3.63) is 0 Å². The van der Waals surface area contributed by atoms with Gasteiger partial charge in [0.1, 0.15) is 0 Å². The van der Waals surface area contributed by atoms with Gasteiger partial charge < -0.3 is 20.5 Å². The number of amides is 2. The van der Waals surface area contributed by atoms with Crippen LogP contribution in [0.2, 0.25) is 0 Å². The number of carboxylic acid groups (broad SMARTS) is 1. The van der Waals surface area contributed by atoms with Crippen LogP contribution in [0.25, 0.3) is 0 Å². The summed E-state index contributed by atoms with van der Waals surface area (Å²) in [6.45, 7) is 4.98. The second kappa shape index (κ2) is 5.86. The molecule has 1 aliphatic rings. The van der Waals surface area contributed by atoms with Gasteiger partial charge in [0.2, 0.25) is 0 Å². The molecule has 0 bridgehead atoms. The van der Waals surface area contributed by atoms with Gasteiger partial charge in [-0.05, 0) is 5.92 Å². The molecule has 17 heavy (non-hydrogen) atoms. The van der Waals surface area contributed by atoms with Crippen molar-refractivity contribution in [2.24, 2.45) is 5.92 Å². The van der Waals surface area contributed by atoms with Gasteiger partial charge in [-0.3, -0.25) is 0 Å². The molecular weight excluding hydrogens is 224 g/mol. The summed E-state index contributed by atoms with van der Waals surface area (Å²) in [6.07, 6.45) is 1.27. The molecule has 0 spiro atoms. The maximum atomic E-state index is 11.6. The normalized spacial score (nSPS) is 25.3. The predicted octanol–water partition coefficient (Wildman–Crippen LogP) is 0.575. The molecule has 0 aliphatic carbocycles. The zero-order valence-electron chi connectivity index (χ0n) is 10.3. The van der Waals surface area contributed by atoms with Crippen LogP contribution in [0.3, 0.4) is 0 Å². The third-order valence-electron chi connectivity index (χ3n) is 3.09. The molecule has 0 saturated carbocycles. The topological polar surface area (TPSA) is 87.7 Å². The van der Waals surface area contributed by atoms with Crippen molar-refractivity contribution in [1.29, 1.82) is 0 Å². The lowest BCUT2D eigenvalue weighted by Gasteiger charge is -2.24. The molecule has 1 heterocycles. The number of urea groups is 1. The lowest BCUT2D eigenvalue weighted by Crippen LogP contribution is -2.58. The Hall–Kier alpha value is -1.30. The molecule has 0 aromatic heterocycles. The van der Waals surface area contributed by atoms with Crippen molar-refractivity contribution >= 4 is 12.0 Å². The van der Waals surface area contributed by atoms with E-state index in [1.807, 2.05) is 13.8 Å². The summed E-state index contributed by atoms with van der Waals surface area (Å²) in [7, 11) is 0. The van der Waals surface area contributed by atoms with Gasteiger partial charge >= 0.3 is 12.0 Å². The molecular formula is C11H20N2O4. The first-order valence-corrected chi connectivity index (χ1v) is 5.87. The number of nitrogens with one attached hydrogen (secondary N) is 2. The van der Waals surface area contributed by atoms with E-state index in [0.29, 0.717) is 25.5 Å². The van der Waals surface area contributed by atoms with E-state index >= 15 is 0 Å². The average Bonchev–Trinajstić information content (AvgIpc) is 2.75. The van der Waals surface area contributed by atoms with Crippen LogP contribution >= 0.6 is 0 Å². The van der Waals surface area contributed by atoms with Gasteiger partial charge in [0, 0.05) is 19.6 Å². The predicted molar refractivity (Wildman–Crippen MR) is 61.8 cm³/mol. The number of carbonyl (C=O) groups excluding carboxylic acids is 1. The smallest absolute Gasteiger partial charge is 0.332 e. The van der Waals surface area contributed by atoms with E-state index in [4.69, 9.17) is 9.84 Å². The SMILES string of the molecule is CCC(C)CNC(=O)NC1(C(=O)O)CCOC1. The lowest BCUT2D eigenvalue weighted by molar-refractivity contribution is -0.144. The Balaban J connectivity index is 2.45. The van der Waals surface area contributed by atoms with Gasteiger partial charge in [-0.25, -0.2) is 9.59 Å². The molecule has 0 radical (unpaired) electrons. The zero-order valence-corrected chi connectivity index (χ0v) is 10.3. The first kappa shape index (κ1) is 13.8. The third kappa shape index (κ3) is 3.59. The van der Waals surface area contributed by atoms with Crippen LogP contribution < -0.4 is 10.6 Å². The number of ether oxygens (including phenoxy) is 1. The van der Waals surface area contributed by atoms with E-state index in [1.165, 1.54) is 0 Å². The summed E-state index contributed by atoms with van der Waals surface area (Å²) in [4.78, 5) is 22.7. The Morgan fingerprint density at radius 1 is 1.53 bits per heavy atom. The summed E-state index contributed by atoms with van der Waals surface area (Å²) in [5, 5.41) is 14.3. The zero-order chi connectivity index (χ0) is 12.9. The minimum Gasteiger partial charge on any atom is -0.479 e. The van der Waals surface area contributed by atoms with E-state index in [9.17, 15) is 9.59 Å². The van der Waals surface area contributed by atoms with Gasteiger partial charge in [-0.15, -0.1) is 0 Å². The quantitative estimate of drug-likeness (QED) is 0.660. The van der Waals surface area contributed by atoms with Gasteiger partial charge in [0.05, 0.1) is 6.61 Å². The molecule has 2 unspecified atom stereocenters. The largest absolute Gasteiger partial charge is 0.479 e. The van der Waals surface area contributed by atoms with Crippen LogP contribution in [0.15, 0.2) is 0 Å². The van der Waals surface area contributed by atoms with E-state index in [1.54, 1.807) is 0 Å². The molecule has 2 amide bonds. The second-order valence-electron chi connectivity index (χ2n) is 4.54. The molecule has 1 rings (SSSR count). The molecule has 1 aliphatic heterocycles. The highest BCUT2D eigenvalue weighted by Gasteiger charge is 2.43. The highest BCUT2D eigenvalue weighted by Crippen LogP contribution is 2.18. The maximum absolute atomic E-state index is 11.6. The average molecular weight is 244 g/mol. The summed E-state index contributed by atoms with van der Waals surface area (Å²) in [6, 6.07) is -0.446. The van der Waals surface area contributed by atoms with Crippen LogP contribution in [0.5, 0.6) is 0 Å². The highest BCUT2D eigenvalue weighted by atomic mass is 16.5. The molecule has 2 atom stereocenters. The molecule has 3 N–H and O–H groups in total. The van der Waals surface area contributed by atoms with Crippen LogP contribution in [-0.2, 0) is 9.53 Å². The fourth-order valence-electron chi connectivity index (χ4n) is 1.56. The first-order chi connectivity index (χ1) is 8.00. The number of aliphatic carboxylic acids is 1. The van der Waals surface area contributed by atoms with Crippen LogP contribution in [0.1, 0.15) is 26.7 Å². The van der Waals surface area contributed by atoms with Crippen molar-refractivity contribution < 1.29 is 19.4 Å². The minimum absolute atomic E-state index is 0.0269. The lowest BCUT2D eigenvalue weighted by atomic mass is 9.99.